The molecule has 0 unspecified atom stereocenters. The average Bonchev–Trinajstić information content (AvgIpc) is 3.78. The number of aliphatic hydroxyl groups is 2. The van der Waals surface area contributed by atoms with Crippen LogP contribution in [-0.4, -0.2) is 78.5 Å². The highest BCUT2D eigenvalue weighted by Crippen LogP contribution is 2.59. The summed E-state index contributed by atoms with van der Waals surface area (Å²) in [5, 5.41) is 24.0. The topological polar surface area (TPSA) is 106 Å². The number of hydrogen-bond acceptors (Lipinski definition) is 7. The van der Waals surface area contributed by atoms with Gasteiger partial charge in [-0.1, -0.05) is 48.9 Å². The van der Waals surface area contributed by atoms with E-state index >= 15 is 0 Å². The van der Waals surface area contributed by atoms with E-state index in [-0.39, 0.29) is 48.4 Å². The summed E-state index contributed by atoms with van der Waals surface area (Å²) in [4.78, 5) is 30.4. The van der Waals surface area contributed by atoms with Crippen LogP contribution in [0.5, 0.6) is 11.5 Å². The molecule has 302 valence electrons. The van der Waals surface area contributed by atoms with E-state index in [9.17, 15) is 33.0 Å². The number of ether oxygens (including phenoxy) is 3. The van der Waals surface area contributed by atoms with E-state index in [2.05, 4.69) is 6.08 Å². The van der Waals surface area contributed by atoms with Gasteiger partial charge in [0, 0.05) is 29.7 Å². The maximum atomic E-state index is 14.4. The number of ketones is 1. The molecule has 3 aliphatic carbocycles. The van der Waals surface area contributed by atoms with Crippen LogP contribution in [0.3, 0.4) is 0 Å². The van der Waals surface area contributed by atoms with Crippen molar-refractivity contribution in [1.29, 1.82) is 0 Å². The van der Waals surface area contributed by atoms with Crippen molar-refractivity contribution in [3.05, 3.63) is 106 Å². The fourth-order valence-corrected chi connectivity index (χ4v) is 9.07. The van der Waals surface area contributed by atoms with E-state index < -0.39 is 34.6 Å². The number of nitrogens with zero attached hydrogens (tertiary/aromatic N) is 1. The molecule has 1 aliphatic heterocycles. The largest absolute Gasteiger partial charge is 0.493 e. The number of methoxy groups -OCH3 is 2. The Morgan fingerprint density at radius 3 is 2.48 bits per heavy atom. The molecule has 0 spiro atoms. The molecule has 2 N–H and O–H groups in total. The molecule has 0 aromatic heterocycles. The molecule has 3 aromatic carbocycles. The lowest BCUT2D eigenvalue weighted by Gasteiger charge is -2.46. The number of carbonyl (C=O) groups is 2. The van der Waals surface area contributed by atoms with Gasteiger partial charge in [-0.3, -0.25) is 9.59 Å². The molecule has 11 heteroatoms. The molecule has 1 heterocycles. The van der Waals surface area contributed by atoms with Crippen LogP contribution >= 0.6 is 0 Å². The van der Waals surface area contributed by atoms with Crippen LogP contribution in [0.2, 0.25) is 0 Å². The average molecular weight is 778 g/mol. The van der Waals surface area contributed by atoms with Crippen molar-refractivity contribution < 1.29 is 47.2 Å². The molecule has 1 amide bonds. The first-order valence-electron chi connectivity index (χ1n) is 19.7. The molecule has 1 saturated heterocycles. The van der Waals surface area contributed by atoms with E-state index in [1.807, 2.05) is 32.0 Å². The van der Waals surface area contributed by atoms with Crippen LogP contribution in [0.1, 0.15) is 109 Å². The molecular weight excluding hydrogens is 723 g/mol. The van der Waals surface area contributed by atoms with Crippen molar-refractivity contribution in [3.8, 4) is 11.5 Å². The maximum absolute atomic E-state index is 14.4. The minimum Gasteiger partial charge on any atom is -0.493 e. The zero-order valence-corrected chi connectivity index (χ0v) is 32.8. The Balaban J connectivity index is 1.40. The van der Waals surface area contributed by atoms with Crippen LogP contribution in [0.25, 0.3) is 0 Å². The molecule has 0 radical (unpaired) electrons. The minimum absolute atomic E-state index is 0.0376. The summed E-state index contributed by atoms with van der Waals surface area (Å²) in [6.07, 6.45) is 1.81. The number of aliphatic hydroxyl groups excluding tert-OH is 1. The fourth-order valence-electron chi connectivity index (χ4n) is 9.07. The van der Waals surface area contributed by atoms with Crippen molar-refractivity contribution in [1.82, 2.24) is 4.90 Å². The number of carbonyl (C=O) groups excluding carboxylic acids is 2. The number of halogens is 3. The molecule has 3 aromatic rings. The lowest BCUT2D eigenvalue weighted by molar-refractivity contribution is -0.142. The third kappa shape index (κ3) is 9.00. The van der Waals surface area contributed by atoms with Crippen molar-refractivity contribution >= 4 is 11.7 Å². The Kier molecular flexibility index (Phi) is 12.7. The SMILES string of the molecule is COc1ccc(CC(=O)N(C[C@H]2CCCO2)C[C@]2(O)CC[C@H]3c4ccc(cc4C(=O)c4cccc(C(F)(F)F)c4)C[C@@H](O)CCC(C)=CCC[C@@]32C)cc1OC. The van der Waals surface area contributed by atoms with Gasteiger partial charge in [0.1, 0.15) is 0 Å². The van der Waals surface area contributed by atoms with Crippen LogP contribution < -0.4 is 9.47 Å². The summed E-state index contributed by atoms with van der Waals surface area (Å²) in [6, 6.07) is 15.3. The van der Waals surface area contributed by atoms with E-state index in [1.165, 1.54) is 19.2 Å². The molecule has 1 saturated carbocycles. The Bertz CT molecular complexity index is 1920. The van der Waals surface area contributed by atoms with Gasteiger partial charge in [-0.05, 0) is 118 Å². The van der Waals surface area contributed by atoms with Gasteiger partial charge in [0.15, 0.2) is 17.3 Å². The summed E-state index contributed by atoms with van der Waals surface area (Å²) in [5.41, 5.74) is 0.208. The summed E-state index contributed by atoms with van der Waals surface area (Å²) in [7, 11) is 3.09. The first-order chi connectivity index (χ1) is 26.6. The molecule has 4 aliphatic rings. The summed E-state index contributed by atoms with van der Waals surface area (Å²) >= 11 is 0. The first-order valence-corrected chi connectivity index (χ1v) is 19.7. The number of hydrogen-bond donors (Lipinski definition) is 2. The Labute approximate surface area is 327 Å². The van der Waals surface area contributed by atoms with E-state index in [0.717, 1.165) is 36.1 Å². The highest BCUT2D eigenvalue weighted by atomic mass is 19.4. The Morgan fingerprint density at radius 2 is 1.77 bits per heavy atom. The second-order valence-electron chi connectivity index (χ2n) is 16.1. The quantitative estimate of drug-likeness (QED) is 0.158. The Morgan fingerprint density at radius 1 is 0.982 bits per heavy atom. The van der Waals surface area contributed by atoms with Crippen LogP contribution in [0.4, 0.5) is 13.2 Å². The fraction of sp³-hybridized carbons (Fsp3) is 0.511. The van der Waals surface area contributed by atoms with Crippen LogP contribution in [0.15, 0.2) is 72.3 Å². The van der Waals surface area contributed by atoms with Gasteiger partial charge in [0.05, 0.1) is 50.6 Å². The van der Waals surface area contributed by atoms with Gasteiger partial charge in [-0.2, -0.15) is 13.2 Å². The predicted octanol–water partition coefficient (Wildman–Crippen LogP) is 8.24. The number of allylic oxidation sites excluding steroid dienone is 2. The predicted molar refractivity (Wildman–Crippen MR) is 207 cm³/mol. The second kappa shape index (κ2) is 17.1. The Hall–Kier alpha value is -4.19. The molecule has 7 rings (SSSR count). The molecule has 5 atom stereocenters. The number of rotatable bonds is 10. The van der Waals surface area contributed by atoms with Gasteiger partial charge in [-0.25, -0.2) is 0 Å². The zero-order valence-electron chi connectivity index (χ0n) is 32.8. The normalized spacial score (nSPS) is 25.6. The van der Waals surface area contributed by atoms with Gasteiger partial charge >= 0.3 is 6.18 Å². The van der Waals surface area contributed by atoms with Crippen molar-refractivity contribution in [2.45, 2.75) is 108 Å². The summed E-state index contributed by atoms with van der Waals surface area (Å²) in [6.45, 7) is 5.02. The third-order valence-corrected chi connectivity index (χ3v) is 12.4. The monoisotopic (exact) mass is 777 g/mol. The third-order valence-electron chi connectivity index (χ3n) is 12.4. The molecular formula is C45H54F3NO7. The molecule has 2 fully saturated rings. The summed E-state index contributed by atoms with van der Waals surface area (Å²) < 4.78 is 58.3. The van der Waals surface area contributed by atoms with E-state index in [4.69, 9.17) is 14.2 Å². The molecule has 2 bridgehead atoms. The number of amides is 1. The van der Waals surface area contributed by atoms with Crippen molar-refractivity contribution in [2.24, 2.45) is 5.41 Å². The lowest BCUT2D eigenvalue weighted by Crippen LogP contribution is -2.55. The highest BCUT2D eigenvalue weighted by Gasteiger charge is 2.58. The molecule has 8 nitrogen and oxygen atoms in total. The summed E-state index contributed by atoms with van der Waals surface area (Å²) in [5.74, 6) is -0.0422. The highest BCUT2D eigenvalue weighted by molar-refractivity contribution is 6.10. The number of alkyl halides is 3. The van der Waals surface area contributed by atoms with Gasteiger partial charge < -0.3 is 29.3 Å². The van der Waals surface area contributed by atoms with E-state index in [0.29, 0.717) is 74.3 Å². The lowest BCUT2D eigenvalue weighted by atomic mass is 9.64. The van der Waals surface area contributed by atoms with Gasteiger partial charge in [0.25, 0.3) is 0 Å². The van der Waals surface area contributed by atoms with Crippen molar-refractivity contribution in [2.75, 3.05) is 33.9 Å². The van der Waals surface area contributed by atoms with Crippen LogP contribution in [-0.2, 0) is 28.5 Å². The maximum Gasteiger partial charge on any atom is 0.416 e. The number of benzene rings is 3. The van der Waals surface area contributed by atoms with Crippen LogP contribution in [0, 0.1) is 5.41 Å². The smallest absolute Gasteiger partial charge is 0.416 e. The van der Waals surface area contributed by atoms with Crippen molar-refractivity contribution in [3.63, 3.8) is 0 Å². The number of fused-ring (bicyclic) bond motifs is 8. The van der Waals surface area contributed by atoms with Gasteiger partial charge in [0.2, 0.25) is 5.91 Å². The second-order valence-corrected chi connectivity index (χ2v) is 16.1. The van der Waals surface area contributed by atoms with Gasteiger partial charge in [-0.15, -0.1) is 0 Å². The molecule has 56 heavy (non-hydrogen) atoms. The minimum atomic E-state index is -4.63. The zero-order chi connectivity index (χ0) is 40.3. The standard InChI is InChI=1S/C45H54F3NO7/c1-29-8-6-19-43(2)38(36-16-13-30(22-34(50)15-12-29)23-37(36)42(52)32-9-5-10-33(26-32)45(46,47)48)18-20-44(43,53)28-49(27-35-11-7-21-56-35)41(51)25-31-14-17-39(54-3)40(24-31)55-4/h5,8-10,13-14,16-17,23-24,26,34-35,38,50,53H,6-7,11-12,15,18-22,25,27-28H2,1-4H3/t34-,35+,38-,43-,44+/m0/s1. The first kappa shape index (κ1) is 41.4. The van der Waals surface area contributed by atoms with E-state index in [1.54, 1.807) is 30.2 Å².